The Kier molecular flexibility index (Phi) is 12.5. The second kappa shape index (κ2) is 16.5. The van der Waals surface area contributed by atoms with Crippen LogP contribution in [0.5, 0.6) is 5.75 Å². The molecule has 0 aromatic heterocycles. The van der Waals surface area contributed by atoms with Crippen LogP contribution >= 0.6 is 23.2 Å². The first-order valence-electron chi connectivity index (χ1n) is 14.9. The van der Waals surface area contributed by atoms with E-state index in [-0.39, 0.29) is 39.5 Å². The van der Waals surface area contributed by atoms with Crippen molar-refractivity contribution in [2.24, 2.45) is 0 Å². The monoisotopic (exact) mass is 681 g/mol. The molecule has 0 bridgehead atoms. The molecule has 4 aromatic rings. The summed E-state index contributed by atoms with van der Waals surface area (Å²) in [6.07, 6.45) is 1.86. The molecule has 1 unspecified atom stereocenters. The van der Waals surface area contributed by atoms with Crippen molar-refractivity contribution >= 4 is 50.7 Å². The summed E-state index contributed by atoms with van der Waals surface area (Å²) in [5.74, 6) is -0.347. The number of rotatable bonds is 15. The Morgan fingerprint density at radius 2 is 1.48 bits per heavy atom. The van der Waals surface area contributed by atoms with Crippen LogP contribution in [0.15, 0.2) is 108 Å². The summed E-state index contributed by atoms with van der Waals surface area (Å²) >= 11 is 12.6. The Hall–Kier alpha value is -4.05. The fourth-order valence-electron chi connectivity index (χ4n) is 4.96. The Morgan fingerprint density at radius 1 is 0.848 bits per heavy atom. The SMILES string of the molecule is CCCCNC(=O)C(Cc1ccccc1)N(Cc1cccc(OC)c1)C(=O)CN(c1cc(Cl)cc(Cl)c1)S(=O)(=O)c1ccccc1. The molecule has 4 aromatic carbocycles. The third kappa shape index (κ3) is 9.25. The molecule has 0 heterocycles. The van der Waals surface area contributed by atoms with Crippen molar-refractivity contribution < 1.29 is 22.7 Å². The van der Waals surface area contributed by atoms with E-state index in [4.69, 9.17) is 27.9 Å². The van der Waals surface area contributed by atoms with Crippen LogP contribution in [0.2, 0.25) is 10.0 Å². The van der Waals surface area contributed by atoms with Gasteiger partial charge in [0.15, 0.2) is 0 Å². The molecule has 0 aliphatic heterocycles. The number of unbranched alkanes of at least 4 members (excludes halogenated alkanes) is 1. The number of ether oxygens (including phenoxy) is 1. The number of anilines is 1. The van der Waals surface area contributed by atoms with Crippen LogP contribution in [-0.2, 0) is 32.6 Å². The van der Waals surface area contributed by atoms with Gasteiger partial charge in [0.05, 0.1) is 17.7 Å². The van der Waals surface area contributed by atoms with Crippen LogP contribution in [0.1, 0.15) is 30.9 Å². The van der Waals surface area contributed by atoms with Gasteiger partial charge in [0.2, 0.25) is 11.8 Å². The molecular formula is C35H37Cl2N3O5S. The van der Waals surface area contributed by atoms with Crippen LogP contribution in [0, 0.1) is 0 Å². The van der Waals surface area contributed by atoms with E-state index in [0.29, 0.717) is 17.9 Å². The minimum atomic E-state index is -4.27. The van der Waals surface area contributed by atoms with E-state index in [1.807, 2.05) is 43.3 Å². The van der Waals surface area contributed by atoms with Gasteiger partial charge in [0.25, 0.3) is 10.0 Å². The largest absolute Gasteiger partial charge is 0.497 e. The number of nitrogens with one attached hydrogen (secondary N) is 1. The van der Waals surface area contributed by atoms with Crippen molar-refractivity contribution in [2.45, 2.75) is 43.7 Å². The van der Waals surface area contributed by atoms with Crippen LogP contribution < -0.4 is 14.4 Å². The molecule has 4 rings (SSSR count). The van der Waals surface area contributed by atoms with E-state index in [2.05, 4.69) is 5.32 Å². The standard InChI is InChI=1S/C35H37Cl2N3O5S/c1-3-4-18-38-35(42)33(20-26-12-7-5-8-13-26)39(24-27-14-11-15-31(19-27)45-2)34(41)25-40(30-22-28(36)21-29(37)23-30)46(43,44)32-16-9-6-10-17-32/h5-17,19,21-23,33H,3-4,18,20,24-25H2,1-2H3,(H,38,42). The van der Waals surface area contributed by atoms with Crippen LogP contribution in [-0.4, -0.2) is 51.4 Å². The highest BCUT2D eigenvalue weighted by Gasteiger charge is 2.34. The lowest BCUT2D eigenvalue weighted by Gasteiger charge is -2.34. The molecule has 0 radical (unpaired) electrons. The molecule has 1 N–H and O–H groups in total. The zero-order valence-corrected chi connectivity index (χ0v) is 28.1. The summed E-state index contributed by atoms with van der Waals surface area (Å²) in [6, 6.07) is 27.8. The molecule has 0 aliphatic carbocycles. The second-order valence-corrected chi connectivity index (χ2v) is 13.4. The smallest absolute Gasteiger partial charge is 0.264 e. The topological polar surface area (TPSA) is 96.0 Å². The van der Waals surface area contributed by atoms with E-state index in [1.165, 1.54) is 35.2 Å². The Morgan fingerprint density at radius 3 is 2.11 bits per heavy atom. The van der Waals surface area contributed by atoms with Gasteiger partial charge in [-0.05, 0) is 60.0 Å². The first kappa shape index (κ1) is 34.8. The lowest BCUT2D eigenvalue weighted by Crippen LogP contribution is -2.53. The number of carbonyl (C=O) groups is 2. The van der Waals surface area contributed by atoms with Crippen LogP contribution in [0.4, 0.5) is 5.69 Å². The molecule has 46 heavy (non-hydrogen) atoms. The summed E-state index contributed by atoms with van der Waals surface area (Å²) < 4.78 is 34.6. The normalized spacial score (nSPS) is 11.8. The number of hydrogen-bond donors (Lipinski definition) is 1. The molecular weight excluding hydrogens is 645 g/mol. The van der Waals surface area contributed by atoms with Crippen molar-refractivity contribution in [3.05, 3.63) is 124 Å². The van der Waals surface area contributed by atoms with Crippen molar-refractivity contribution in [3.63, 3.8) is 0 Å². The van der Waals surface area contributed by atoms with Crippen molar-refractivity contribution in [1.82, 2.24) is 10.2 Å². The number of methoxy groups -OCH3 is 1. The molecule has 0 spiro atoms. The molecule has 0 saturated carbocycles. The maximum Gasteiger partial charge on any atom is 0.264 e. The number of sulfonamides is 1. The first-order chi connectivity index (χ1) is 22.1. The number of halogens is 2. The lowest BCUT2D eigenvalue weighted by molar-refractivity contribution is -0.140. The fourth-order valence-corrected chi connectivity index (χ4v) is 6.89. The van der Waals surface area contributed by atoms with E-state index >= 15 is 0 Å². The molecule has 2 amide bonds. The first-order valence-corrected chi connectivity index (χ1v) is 17.1. The average Bonchev–Trinajstić information content (AvgIpc) is 3.05. The number of carbonyl (C=O) groups excluding carboxylic acids is 2. The third-order valence-corrected chi connectivity index (χ3v) is 9.56. The molecule has 0 fully saturated rings. The van der Waals surface area contributed by atoms with E-state index in [9.17, 15) is 18.0 Å². The molecule has 0 saturated heterocycles. The fraction of sp³-hybridized carbons (Fsp3) is 0.257. The van der Waals surface area contributed by atoms with Gasteiger partial charge in [-0.1, -0.05) is 97.2 Å². The predicted octanol–water partition coefficient (Wildman–Crippen LogP) is 6.75. The van der Waals surface area contributed by atoms with Gasteiger partial charge < -0.3 is 15.0 Å². The average molecular weight is 683 g/mol. The zero-order chi connectivity index (χ0) is 33.1. The van der Waals surface area contributed by atoms with Crippen LogP contribution in [0.3, 0.4) is 0 Å². The highest BCUT2D eigenvalue weighted by atomic mass is 35.5. The van der Waals surface area contributed by atoms with Gasteiger partial charge in [-0.2, -0.15) is 0 Å². The molecule has 1 atom stereocenters. The molecule has 8 nitrogen and oxygen atoms in total. The van der Waals surface area contributed by atoms with Gasteiger partial charge in [0, 0.05) is 29.6 Å². The van der Waals surface area contributed by atoms with E-state index < -0.39 is 28.5 Å². The van der Waals surface area contributed by atoms with Gasteiger partial charge in [-0.15, -0.1) is 0 Å². The highest BCUT2D eigenvalue weighted by Crippen LogP contribution is 2.30. The van der Waals surface area contributed by atoms with E-state index in [0.717, 1.165) is 22.7 Å². The maximum absolute atomic E-state index is 14.5. The van der Waals surface area contributed by atoms with Crippen molar-refractivity contribution in [3.8, 4) is 5.75 Å². The highest BCUT2D eigenvalue weighted by molar-refractivity contribution is 7.92. The van der Waals surface area contributed by atoms with Gasteiger partial charge in [-0.25, -0.2) is 8.42 Å². The number of benzene rings is 4. The van der Waals surface area contributed by atoms with Gasteiger partial charge in [-0.3, -0.25) is 13.9 Å². The Balaban J connectivity index is 1.81. The predicted molar refractivity (Wildman–Crippen MR) is 183 cm³/mol. The molecule has 0 aliphatic rings. The minimum absolute atomic E-state index is 0.0172. The number of amides is 2. The van der Waals surface area contributed by atoms with E-state index in [1.54, 1.807) is 43.5 Å². The van der Waals surface area contributed by atoms with Gasteiger partial charge >= 0.3 is 0 Å². The summed E-state index contributed by atoms with van der Waals surface area (Å²) in [6.45, 7) is 1.86. The van der Waals surface area contributed by atoms with Crippen LogP contribution in [0.25, 0.3) is 0 Å². The van der Waals surface area contributed by atoms with Crippen molar-refractivity contribution in [2.75, 3.05) is 24.5 Å². The quantitative estimate of drug-likeness (QED) is 0.140. The maximum atomic E-state index is 14.5. The summed E-state index contributed by atoms with van der Waals surface area (Å²) in [4.78, 5) is 29.8. The minimum Gasteiger partial charge on any atom is -0.497 e. The Labute approximate surface area is 280 Å². The van der Waals surface area contributed by atoms with Gasteiger partial charge in [0.1, 0.15) is 18.3 Å². The summed E-state index contributed by atoms with van der Waals surface area (Å²) in [7, 11) is -2.73. The molecule has 242 valence electrons. The van der Waals surface area contributed by atoms with Crippen molar-refractivity contribution in [1.29, 1.82) is 0 Å². The Bertz CT molecular complexity index is 1700. The number of nitrogens with zero attached hydrogens (tertiary/aromatic N) is 2. The zero-order valence-electron chi connectivity index (χ0n) is 25.7. The third-order valence-electron chi connectivity index (χ3n) is 7.33. The summed E-state index contributed by atoms with van der Waals surface area (Å²) in [5.41, 5.74) is 1.66. The summed E-state index contributed by atoms with van der Waals surface area (Å²) in [5, 5.41) is 3.38. The second-order valence-electron chi connectivity index (χ2n) is 10.7. The lowest BCUT2D eigenvalue weighted by atomic mass is 10.0. The number of hydrogen-bond acceptors (Lipinski definition) is 5. The molecule has 11 heteroatoms.